The summed E-state index contributed by atoms with van der Waals surface area (Å²) in [6.07, 6.45) is -2.69. The van der Waals surface area contributed by atoms with Crippen LogP contribution in [0, 0.1) is 0 Å². The van der Waals surface area contributed by atoms with Crippen LogP contribution in [0.5, 0.6) is 11.6 Å². The lowest BCUT2D eigenvalue weighted by Crippen LogP contribution is -2.45. The van der Waals surface area contributed by atoms with Gasteiger partial charge in [-0.25, -0.2) is 18.5 Å². The van der Waals surface area contributed by atoms with Crippen molar-refractivity contribution in [3.05, 3.63) is 60.2 Å². The standard InChI is InChI=1S/C23H23F2N5O3/c1-27-19-11-16(6-9-18(19)26)29-12-14-3-10-21(33-13-20(24)25)28-22(14)30(23(29)31)15-4-7-17(32-2)8-5-15/h3-11,20,27H,12-13,26H2,1-2H3/i2D3. The number of nitrogens with one attached hydrogen (secondary N) is 1. The number of benzene rings is 2. The molecule has 10 heteroatoms. The molecule has 1 aliphatic rings. The molecule has 2 amide bonds. The number of hydrogen-bond acceptors (Lipinski definition) is 6. The van der Waals surface area contributed by atoms with Crippen LogP contribution in [-0.2, 0) is 6.54 Å². The third-order valence-corrected chi connectivity index (χ3v) is 5.08. The van der Waals surface area contributed by atoms with Crippen LogP contribution >= 0.6 is 0 Å². The average molecular weight is 458 g/mol. The summed E-state index contributed by atoms with van der Waals surface area (Å²) in [6.45, 7) is -0.689. The summed E-state index contributed by atoms with van der Waals surface area (Å²) in [5.74, 6) is 0.226. The van der Waals surface area contributed by atoms with E-state index in [0.29, 0.717) is 28.3 Å². The Morgan fingerprint density at radius 1 is 1.18 bits per heavy atom. The van der Waals surface area contributed by atoms with Gasteiger partial charge in [0.1, 0.15) is 11.6 Å². The molecular weight excluding hydrogens is 432 g/mol. The maximum atomic E-state index is 13.7. The Balaban J connectivity index is 1.76. The van der Waals surface area contributed by atoms with E-state index in [2.05, 4.69) is 10.3 Å². The Hall–Kier alpha value is -4.08. The van der Waals surface area contributed by atoms with Gasteiger partial charge in [0, 0.05) is 24.4 Å². The number of ether oxygens (including phenoxy) is 2. The van der Waals surface area contributed by atoms with Crippen molar-refractivity contribution in [1.29, 1.82) is 0 Å². The van der Waals surface area contributed by atoms with Gasteiger partial charge in [0.15, 0.2) is 6.61 Å². The lowest BCUT2D eigenvalue weighted by atomic mass is 10.1. The predicted molar refractivity (Wildman–Crippen MR) is 123 cm³/mol. The molecule has 0 radical (unpaired) electrons. The van der Waals surface area contributed by atoms with Gasteiger partial charge in [-0.15, -0.1) is 0 Å². The quantitative estimate of drug-likeness (QED) is 0.501. The van der Waals surface area contributed by atoms with Crippen molar-refractivity contribution in [1.82, 2.24) is 4.98 Å². The van der Waals surface area contributed by atoms with Crippen LogP contribution in [0.15, 0.2) is 54.6 Å². The molecule has 8 nitrogen and oxygen atoms in total. The molecule has 0 fully saturated rings. The van der Waals surface area contributed by atoms with E-state index in [0.717, 1.165) is 0 Å². The number of fused-ring (bicyclic) bond motifs is 1. The van der Waals surface area contributed by atoms with E-state index >= 15 is 0 Å². The third kappa shape index (κ3) is 4.45. The van der Waals surface area contributed by atoms with E-state index < -0.39 is 26.1 Å². The molecule has 3 aromatic rings. The number of nitrogen functional groups attached to an aromatic ring is 1. The Morgan fingerprint density at radius 2 is 1.94 bits per heavy atom. The van der Waals surface area contributed by atoms with Gasteiger partial charge in [-0.2, -0.15) is 4.98 Å². The van der Waals surface area contributed by atoms with Crippen molar-refractivity contribution in [3.8, 4) is 11.6 Å². The Bertz CT molecular complexity index is 1260. The fraction of sp³-hybridized carbons (Fsp3) is 0.217. The number of nitrogens with zero attached hydrogens (tertiary/aromatic N) is 3. The number of hydrogen-bond donors (Lipinski definition) is 2. The Morgan fingerprint density at radius 3 is 2.64 bits per heavy atom. The summed E-state index contributed by atoms with van der Waals surface area (Å²) in [5.41, 5.74) is 8.67. The summed E-state index contributed by atoms with van der Waals surface area (Å²) < 4.78 is 57.1. The number of anilines is 5. The van der Waals surface area contributed by atoms with Crippen molar-refractivity contribution in [3.63, 3.8) is 0 Å². The maximum absolute atomic E-state index is 13.7. The minimum absolute atomic E-state index is 0.0624. The zero-order chi connectivity index (χ0) is 26.0. The van der Waals surface area contributed by atoms with Gasteiger partial charge in [-0.1, -0.05) is 0 Å². The monoisotopic (exact) mass is 458 g/mol. The fourth-order valence-corrected chi connectivity index (χ4v) is 3.48. The normalized spacial score (nSPS) is 14.9. The van der Waals surface area contributed by atoms with Gasteiger partial charge in [0.05, 0.1) is 34.8 Å². The number of pyridine rings is 1. The molecule has 2 aromatic carbocycles. The average Bonchev–Trinajstić information content (AvgIpc) is 2.82. The highest BCUT2D eigenvalue weighted by Crippen LogP contribution is 2.38. The van der Waals surface area contributed by atoms with Crippen LogP contribution in [0.2, 0.25) is 0 Å². The number of rotatable bonds is 7. The number of carbonyl (C=O) groups excluding carboxylic acids is 1. The van der Waals surface area contributed by atoms with Crippen molar-refractivity contribution < 1.29 is 27.2 Å². The van der Waals surface area contributed by atoms with Gasteiger partial charge in [0.25, 0.3) is 6.43 Å². The second kappa shape index (κ2) is 9.19. The molecule has 2 heterocycles. The highest BCUT2D eigenvalue weighted by molar-refractivity contribution is 6.10. The summed E-state index contributed by atoms with van der Waals surface area (Å²) in [5, 5.41) is 2.98. The van der Waals surface area contributed by atoms with Crippen molar-refractivity contribution >= 4 is 34.6 Å². The van der Waals surface area contributed by atoms with Crippen LogP contribution in [0.4, 0.5) is 42.1 Å². The molecule has 0 bridgehead atoms. The summed E-state index contributed by atoms with van der Waals surface area (Å²) >= 11 is 0. The Kier molecular flexibility index (Phi) is 5.15. The predicted octanol–water partition coefficient (Wildman–Crippen LogP) is 4.64. The number of carbonyl (C=O) groups is 1. The molecule has 3 N–H and O–H groups in total. The van der Waals surface area contributed by atoms with Crippen LogP contribution in [-0.4, -0.2) is 38.1 Å². The van der Waals surface area contributed by atoms with E-state index in [-0.39, 0.29) is 24.0 Å². The van der Waals surface area contributed by atoms with Crippen LogP contribution in [0.25, 0.3) is 0 Å². The molecular formula is C23H23F2N5O3. The van der Waals surface area contributed by atoms with Crippen LogP contribution < -0.4 is 30.3 Å². The number of urea groups is 1. The number of nitrogens with two attached hydrogens (primary N) is 1. The van der Waals surface area contributed by atoms with Crippen LogP contribution in [0.3, 0.4) is 0 Å². The number of amides is 2. The first-order valence-electron chi connectivity index (χ1n) is 11.4. The SMILES string of the molecule is [2H]C([2H])([2H])Oc1ccc(N2C(=O)N(c3ccc(N)c(NC)c3)Cc3ccc(OCC(F)F)nc32)cc1. The topological polar surface area (TPSA) is 93.0 Å². The summed E-state index contributed by atoms with van der Waals surface area (Å²) in [4.78, 5) is 20.9. The first-order valence-corrected chi connectivity index (χ1v) is 9.94. The minimum atomic E-state index is -2.69. The first-order chi connectivity index (χ1) is 17.1. The van der Waals surface area contributed by atoms with E-state index in [1.165, 1.54) is 40.1 Å². The molecule has 1 aromatic heterocycles. The van der Waals surface area contributed by atoms with Gasteiger partial charge < -0.3 is 20.5 Å². The molecule has 0 atom stereocenters. The third-order valence-electron chi connectivity index (χ3n) is 5.08. The van der Waals surface area contributed by atoms with Crippen molar-refractivity contribution in [2.24, 2.45) is 0 Å². The summed E-state index contributed by atoms with van der Waals surface area (Å²) in [6, 6.07) is 13.6. The van der Waals surface area contributed by atoms with Gasteiger partial charge in [0.2, 0.25) is 5.88 Å². The first kappa shape index (κ1) is 18.5. The smallest absolute Gasteiger partial charge is 0.335 e. The van der Waals surface area contributed by atoms with Crippen molar-refractivity contribution in [2.75, 3.05) is 41.5 Å². The number of methoxy groups -OCH3 is 1. The Labute approximate surface area is 193 Å². The lowest BCUT2D eigenvalue weighted by Gasteiger charge is -2.36. The van der Waals surface area contributed by atoms with Gasteiger partial charge in [-0.05, 0) is 48.5 Å². The van der Waals surface area contributed by atoms with Gasteiger partial charge in [-0.3, -0.25) is 4.90 Å². The number of halogens is 2. The lowest BCUT2D eigenvalue weighted by molar-refractivity contribution is 0.0796. The molecule has 0 spiro atoms. The van der Waals surface area contributed by atoms with Crippen LogP contribution in [0.1, 0.15) is 9.68 Å². The molecule has 0 saturated carbocycles. The molecule has 172 valence electrons. The largest absolute Gasteiger partial charge is 0.497 e. The summed E-state index contributed by atoms with van der Waals surface area (Å²) in [7, 11) is -0.923. The molecule has 33 heavy (non-hydrogen) atoms. The zero-order valence-electron chi connectivity index (χ0n) is 20.6. The highest BCUT2D eigenvalue weighted by atomic mass is 19.3. The van der Waals surface area contributed by atoms with Crippen molar-refractivity contribution in [2.45, 2.75) is 13.0 Å². The second-order valence-corrected chi connectivity index (χ2v) is 7.16. The minimum Gasteiger partial charge on any atom is -0.497 e. The highest BCUT2D eigenvalue weighted by Gasteiger charge is 2.34. The molecule has 0 saturated heterocycles. The number of alkyl halides is 2. The molecule has 4 rings (SSSR count). The molecule has 1 aliphatic heterocycles. The molecule has 0 aliphatic carbocycles. The van der Waals surface area contributed by atoms with Gasteiger partial charge >= 0.3 is 6.03 Å². The fourth-order valence-electron chi connectivity index (χ4n) is 3.48. The number of aromatic nitrogens is 1. The van der Waals surface area contributed by atoms with E-state index in [4.69, 9.17) is 19.3 Å². The van der Waals surface area contributed by atoms with E-state index in [9.17, 15) is 13.6 Å². The zero-order valence-corrected chi connectivity index (χ0v) is 17.6. The maximum Gasteiger partial charge on any atom is 0.335 e. The van der Waals surface area contributed by atoms with E-state index in [1.807, 2.05) is 0 Å². The second-order valence-electron chi connectivity index (χ2n) is 7.16. The molecule has 0 unspecified atom stereocenters. The van der Waals surface area contributed by atoms with E-state index in [1.54, 1.807) is 31.3 Å².